The van der Waals surface area contributed by atoms with Crippen LogP contribution in [-0.4, -0.2) is 74.7 Å². The summed E-state index contributed by atoms with van der Waals surface area (Å²) < 4.78 is 0. The van der Waals surface area contributed by atoms with Gasteiger partial charge in [0.2, 0.25) is 0 Å². The molecular formula is C14H30N4. The summed E-state index contributed by atoms with van der Waals surface area (Å²) in [4.78, 5) is 4.99. The van der Waals surface area contributed by atoms with Crippen LogP contribution in [0.3, 0.4) is 0 Å². The van der Waals surface area contributed by atoms with E-state index in [2.05, 4.69) is 34.4 Å². The van der Waals surface area contributed by atoms with Crippen LogP contribution in [-0.2, 0) is 0 Å². The molecule has 106 valence electrons. The summed E-state index contributed by atoms with van der Waals surface area (Å²) in [6.07, 6.45) is 4.01. The van der Waals surface area contributed by atoms with Gasteiger partial charge >= 0.3 is 0 Å². The Hall–Kier alpha value is -0.160. The van der Waals surface area contributed by atoms with Gasteiger partial charge in [0.25, 0.3) is 0 Å². The quantitative estimate of drug-likeness (QED) is 0.716. The van der Waals surface area contributed by atoms with Gasteiger partial charge in [0.05, 0.1) is 0 Å². The standard InChI is InChI=1S/C14H30N4/c1-13(12-14-4-3-5-16-14)15-6-7-18-10-8-17(2)9-11-18/h13-16H,3-12H2,1-2H3. The SMILES string of the molecule is CC(CC1CCCN1)NCCN1CCN(C)CC1. The second kappa shape index (κ2) is 7.43. The molecule has 2 rings (SSSR count). The van der Waals surface area contributed by atoms with Crippen molar-refractivity contribution in [2.75, 3.05) is 52.9 Å². The Bertz CT molecular complexity index is 220. The normalized spacial score (nSPS) is 28.7. The molecule has 0 spiro atoms. The fraction of sp³-hybridized carbons (Fsp3) is 1.00. The van der Waals surface area contributed by atoms with Crippen LogP contribution in [0.15, 0.2) is 0 Å². The van der Waals surface area contributed by atoms with Crippen molar-refractivity contribution in [3.05, 3.63) is 0 Å². The monoisotopic (exact) mass is 254 g/mol. The first-order valence-corrected chi connectivity index (χ1v) is 7.61. The van der Waals surface area contributed by atoms with Crippen molar-refractivity contribution in [1.29, 1.82) is 0 Å². The smallest absolute Gasteiger partial charge is 0.0110 e. The fourth-order valence-electron chi connectivity index (χ4n) is 3.01. The molecule has 0 saturated carbocycles. The molecule has 0 aromatic heterocycles. The van der Waals surface area contributed by atoms with Crippen molar-refractivity contribution < 1.29 is 0 Å². The van der Waals surface area contributed by atoms with Gasteiger partial charge in [0, 0.05) is 51.4 Å². The fourth-order valence-corrected chi connectivity index (χ4v) is 3.01. The van der Waals surface area contributed by atoms with Crippen molar-refractivity contribution >= 4 is 0 Å². The van der Waals surface area contributed by atoms with E-state index in [9.17, 15) is 0 Å². The van der Waals surface area contributed by atoms with E-state index in [-0.39, 0.29) is 0 Å². The van der Waals surface area contributed by atoms with Gasteiger partial charge in [0.1, 0.15) is 0 Å². The minimum Gasteiger partial charge on any atom is -0.314 e. The number of piperazine rings is 1. The van der Waals surface area contributed by atoms with E-state index in [0.717, 1.165) is 12.6 Å². The van der Waals surface area contributed by atoms with Gasteiger partial charge in [-0.3, -0.25) is 4.90 Å². The van der Waals surface area contributed by atoms with Crippen LogP contribution < -0.4 is 10.6 Å². The van der Waals surface area contributed by atoms with Crippen LogP contribution >= 0.6 is 0 Å². The molecule has 2 N–H and O–H groups in total. The Morgan fingerprint density at radius 3 is 2.72 bits per heavy atom. The Labute approximate surface area is 112 Å². The van der Waals surface area contributed by atoms with E-state index in [1.165, 1.54) is 58.5 Å². The highest BCUT2D eigenvalue weighted by molar-refractivity contribution is 4.79. The van der Waals surface area contributed by atoms with E-state index < -0.39 is 0 Å². The Morgan fingerprint density at radius 1 is 1.28 bits per heavy atom. The number of nitrogens with zero attached hydrogens (tertiary/aromatic N) is 2. The van der Waals surface area contributed by atoms with Crippen LogP contribution in [0.5, 0.6) is 0 Å². The van der Waals surface area contributed by atoms with Gasteiger partial charge in [-0.15, -0.1) is 0 Å². The average Bonchev–Trinajstić information content (AvgIpc) is 2.84. The Kier molecular flexibility index (Phi) is 5.89. The summed E-state index contributed by atoms with van der Waals surface area (Å²) in [5.74, 6) is 0. The Balaban J connectivity index is 1.51. The molecule has 2 heterocycles. The topological polar surface area (TPSA) is 30.5 Å². The first-order chi connectivity index (χ1) is 8.74. The zero-order valence-corrected chi connectivity index (χ0v) is 12.1. The maximum atomic E-state index is 3.67. The second-order valence-corrected chi connectivity index (χ2v) is 6.03. The van der Waals surface area contributed by atoms with Gasteiger partial charge in [-0.05, 0) is 39.8 Å². The third kappa shape index (κ3) is 4.84. The molecule has 0 aromatic rings. The zero-order valence-electron chi connectivity index (χ0n) is 12.1. The van der Waals surface area contributed by atoms with E-state index in [1.807, 2.05) is 0 Å². The van der Waals surface area contributed by atoms with Gasteiger partial charge in [-0.25, -0.2) is 0 Å². The van der Waals surface area contributed by atoms with Crippen molar-refractivity contribution in [3.8, 4) is 0 Å². The highest BCUT2D eigenvalue weighted by Gasteiger charge is 2.17. The van der Waals surface area contributed by atoms with Gasteiger partial charge < -0.3 is 15.5 Å². The summed E-state index contributed by atoms with van der Waals surface area (Å²) in [7, 11) is 2.21. The molecule has 2 atom stereocenters. The van der Waals surface area contributed by atoms with Crippen molar-refractivity contribution in [3.63, 3.8) is 0 Å². The molecule has 4 nitrogen and oxygen atoms in total. The molecule has 2 fully saturated rings. The average molecular weight is 254 g/mol. The van der Waals surface area contributed by atoms with Gasteiger partial charge in [0.15, 0.2) is 0 Å². The molecule has 2 aliphatic heterocycles. The lowest BCUT2D eigenvalue weighted by Gasteiger charge is -2.32. The van der Waals surface area contributed by atoms with E-state index in [1.54, 1.807) is 0 Å². The van der Waals surface area contributed by atoms with Crippen molar-refractivity contribution in [2.45, 2.75) is 38.3 Å². The molecule has 2 saturated heterocycles. The summed E-state index contributed by atoms with van der Waals surface area (Å²) in [6, 6.07) is 1.41. The largest absolute Gasteiger partial charge is 0.314 e. The molecular weight excluding hydrogens is 224 g/mol. The number of rotatable bonds is 6. The number of hydrogen-bond donors (Lipinski definition) is 2. The molecule has 0 aromatic carbocycles. The maximum absolute atomic E-state index is 3.67. The number of hydrogen-bond acceptors (Lipinski definition) is 4. The Morgan fingerprint density at radius 2 is 2.06 bits per heavy atom. The van der Waals surface area contributed by atoms with E-state index in [4.69, 9.17) is 0 Å². The summed E-state index contributed by atoms with van der Waals surface area (Å²) in [5.41, 5.74) is 0. The lowest BCUT2D eigenvalue weighted by molar-refractivity contribution is 0.153. The third-order valence-corrected chi connectivity index (χ3v) is 4.32. The number of nitrogens with one attached hydrogen (secondary N) is 2. The zero-order chi connectivity index (χ0) is 12.8. The second-order valence-electron chi connectivity index (χ2n) is 6.03. The maximum Gasteiger partial charge on any atom is 0.0110 e. The molecule has 2 aliphatic rings. The molecule has 0 bridgehead atoms. The van der Waals surface area contributed by atoms with Gasteiger partial charge in [-0.2, -0.15) is 0 Å². The molecule has 2 unspecified atom stereocenters. The summed E-state index contributed by atoms with van der Waals surface area (Å²) in [6.45, 7) is 10.8. The van der Waals surface area contributed by atoms with Gasteiger partial charge in [-0.1, -0.05) is 0 Å². The van der Waals surface area contributed by atoms with Crippen LogP contribution in [0.4, 0.5) is 0 Å². The van der Waals surface area contributed by atoms with Crippen molar-refractivity contribution in [2.24, 2.45) is 0 Å². The molecule has 18 heavy (non-hydrogen) atoms. The first-order valence-electron chi connectivity index (χ1n) is 7.61. The van der Waals surface area contributed by atoms with Crippen LogP contribution in [0.25, 0.3) is 0 Å². The molecule has 0 aliphatic carbocycles. The highest BCUT2D eigenvalue weighted by atomic mass is 15.2. The van der Waals surface area contributed by atoms with Crippen molar-refractivity contribution in [1.82, 2.24) is 20.4 Å². The summed E-state index contributed by atoms with van der Waals surface area (Å²) in [5, 5.41) is 7.25. The minimum atomic E-state index is 0.646. The first kappa shape index (κ1) is 14.3. The van der Waals surface area contributed by atoms with Crippen LogP contribution in [0.1, 0.15) is 26.2 Å². The lowest BCUT2D eigenvalue weighted by Crippen LogP contribution is -2.47. The van der Waals surface area contributed by atoms with Crippen LogP contribution in [0.2, 0.25) is 0 Å². The minimum absolute atomic E-state index is 0.646. The molecule has 0 radical (unpaired) electrons. The summed E-state index contributed by atoms with van der Waals surface area (Å²) >= 11 is 0. The van der Waals surface area contributed by atoms with E-state index in [0.29, 0.717) is 6.04 Å². The highest BCUT2D eigenvalue weighted by Crippen LogP contribution is 2.10. The lowest BCUT2D eigenvalue weighted by atomic mass is 10.1. The molecule has 0 amide bonds. The number of likely N-dealkylation sites (N-methyl/N-ethyl adjacent to an activating group) is 1. The van der Waals surface area contributed by atoms with E-state index >= 15 is 0 Å². The molecule has 4 heteroatoms. The third-order valence-electron chi connectivity index (χ3n) is 4.32. The predicted octanol–water partition coefficient (Wildman–Crippen LogP) is 0.354. The predicted molar refractivity (Wildman–Crippen MR) is 77.0 cm³/mol. The van der Waals surface area contributed by atoms with Crippen LogP contribution in [0, 0.1) is 0 Å².